The van der Waals surface area contributed by atoms with E-state index in [1.807, 2.05) is 20.8 Å². The molecule has 2 aromatic heterocycles. The van der Waals surface area contributed by atoms with E-state index in [0.717, 1.165) is 0 Å². The van der Waals surface area contributed by atoms with Gasteiger partial charge in [-0.1, -0.05) is 13.8 Å². The molecule has 1 amide bonds. The highest BCUT2D eigenvalue weighted by molar-refractivity contribution is 5.90. The predicted molar refractivity (Wildman–Crippen MR) is 64.9 cm³/mol. The summed E-state index contributed by atoms with van der Waals surface area (Å²) in [7, 11) is 0. The second-order valence-corrected chi connectivity index (χ2v) is 4.37. The normalized spacial score (nSPS) is 12.7. The van der Waals surface area contributed by atoms with Crippen molar-refractivity contribution in [2.45, 2.75) is 32.7 Å². The van der Waals surface area contributed by atoms with Crippen LogP contribution >= 0.6 is 0 Å². The molecule has 0 aliphatic rings. The summed E-state index contributed by atoms with van der Waals surface area (Å²) in [6, 6.07) is -0.214. The van der Waals surface area contributed by atoms with E-state index in [1.165, 1.54) is 0 Å². The van der Waals surface area contributed by atoms with E-state index in [-0.39, 0.29) is 23.7 Å². The maximum Gasteiger partial charge on any atom is 0.291 e. The Kier molecular flexibility index (Phi) is 3.40. The van der Waals surface area contributed by atoms with Gasteiger partial charge in [0, 0.05) is 18.3 Å². The summed E-state index contributed by atoms with van der Waals surface area (Å²) in [5.41, 5.74) is 0. The van der Waals surface area contributed by atoms with Crippen LogP contribution in [0.2, 0.25) is 0 Å². The van der Waals surface area contributed by atoms with Crippen LogP contribution in [0.25, 0.3) is 0 Å². The highest BCUT2D eigenvalue weighted by Crippen LogP contribution is 2.09. The monoisotopic (exact) mass is 248 g/mol. The smallest absolute Gasteiger partial charge is 0.291 e. The van der Waals surface area contributed by atoms with E-state index < -0.39 is 0 Å². The minimum absolute atomic E-state index is 0.150. The van der Waals surface area contributed by atoms with Gasteiger partial charge in [0.05, 0.1) is 6.04 Å². The molecule has 0 spiro atoms. The third kappa shape index (κ3) is 2.55. The van der Waals surface area contributed by atoms with Crippen LogP contribution in [0.15, 0.2) is 12.4 Å². The lowest BCUT2D eigenvalue weighted by atomic mass is 10.2. The third-order valence-electron chi connectivity index (χ3n) is 2.53. The van der Waals surface area contributed by atoms with Crippen LogP contribution in [0.4, 0.5) is 0 Å². The fourth-order valence-corrected chi connectivity index (χ4v) is 1.48. The van der Waals surface area contributed by atoms with E-state index >= 15 is 0 Å². The summed E-state index contributed by atoms with van der Waals surface area (Å²) in [6.07, 6.45) is 3.35. The van der Waals surface area contributed by atoms with Gasteiger partial charge in [-0.05, 0) is 6.92 Å². The SMILES string of the molecule is CC(C)c1nc(C(=O)NC(C)c2ncc[nH]2)n[nH]1. The topological polar surface area (TPSA) is 99.3 Å². The molecule has 0 aromatic carbocycles. The van der Waals surface area contributed by atoms with Crippen molar-refractivity contribution in [2.24, 2.45) is 0 Å². The van der Waals surface area contributed by atoms with Crippen LogP contribution in [-0.2, 0) is 0 Å². The summed E-state index contributed by atoms with van der Waals surface area (Å²) >= 11 is 0. The number of amides is 1. The van der Waals surface area contributed by atoms with Gasteiger partial charge in [-0.2, -0.15) is 0 Å². The molecule has 18 heavy (non-hydrogen) atoms. The molecule has 1 unspecified atom stereocenters. The summed E-state index contributed by atoms with van der Waals surface area (Å²) in [6.45, 7) is 5.80. The molecule has 7 heteroatoms. The number of nitrogens with zero attached hydrogens (tertiary/aromatic N) is 3. The first-order valence-corrected chi connectivity index (χ1v) is 5.80. The number of carbonyl (C=O) groups is 1. The quantitative estimate of drug-likeness (QED) is 0.755. The Morgan fingerprint density at radius 2 is 2.11 bits per heavy atom. The Morgan fingerprint density at radius 3 is 2.67 bits per heavy atom. The second kappa shape index (κ2) is 4.99. The number of imidazole rings is 1. The number of aromatic amines is 2. The lowest BCUT2D eigenvalue weighted by Crippen LogP contribution is -2.28. The summed E-state index contributed by atoms with van der Waals surface area (Å²) in [5, 5.41) is 9.41. The van der Waals surface area contributed by atoms with Crippen molar-refractivity contribution in [3.05, 3.63) is 29.9 Å². The molecular weight excluding hydrogens is 232 g/mol. The average molecular weight is 248 g/mol. The van der Waals surface area contributed by atoms with Gasteiger partial charge in [-0.25, -0.2) is 9.97 Å². The number of aromatic nitrogens is 5. The fraction of sp³-hybridized carbons (Fsp3) is 0.455. The third-order valence-corrected chi connectivity index (χ3v) is 2.53. The molecule has 1 atom stereocenters. The van der Waals surface area contributed by atoms with E-state index in [9.17, 15) is 4.79 Å². The first-order chi connectivity index (χ1) is 8.58. The zero-order chi connectivity index (χ0) is 13.1. The Morgan fingerprint density at radius 1 is 1.33 bits per heavy atom. The van der Waals surface area contributed by atoms with Crippen molar-refractivity contribution in [1.82, 2.24) is 30.5 Å². The molecule has 7 nitrogen and oxygen atoms in total. The lowest BCUT2D eigenvalue weighted by Gasteiger charge is -2.09. The van der Waals surface area contributed by atoms with E-state index in [2.05, 4.69) is 30.5 Å². The molecule has 0 aliphatic carbocycles. The maximum atomic E-state index is 11.9. The van der Waals surface area contributed by atoms with Crippen LogP contribution in [-0.4, -0.2) is 31.1 Å². The number of nitrogens with one attached hydrogen (secondary N) is 3. The molecule has 0 saturated heterocycles. The van der Waals surface area contributed by atoms with Crippen LogP contribution in [0.3, 0.4) is 0 Å². The van der Waals surface area contributed by atoms with Gasteiger partial charge in [0.25, 0.3) is 5.91 Å². The summed E-state index contributed by atoms with van der Waals surface area (Å²) in [5.74, 6) is 1.44. The second-order valence-electron chi connectivity index (χ2n) is 4.37. The van der Waals surface area contributed by atoms with Crippen LogP contribution in [0, 0.1) is 0 Å². The molecule has 0 aliphatic heterocycles. The molecule has 96 valence electrons. The van der Waals surface area contributed by atoms with E-state index in [4.69, 9.17) is 0 Å². The molecule has 2 heterocycles. The zero-order valence-corrected chi connectivity index (χ0v) is 10.6. The Hall–Kier alpha value is -2.18. The van der Waals surface area contributed by atoms with Crippen LogP contribution in [0.1, 0.15) is 55.0 Å². The Bertz CT molecular complexity index is 515. The standard InChI is InChI=1S/C11H16N6O/c1-6(2)8-15-10(17-16-8)11(18)14-7(3)9-12-4-5-13-9/h4-7H,1-3H3,(H,12,13)(H,14,18)(H,15,16,17). The van der Waals surface area contributed by atoms with Gasteiger partial charge in [0.15, 0.2) is 0 Å². The molecule has 2 rings (SSSR count). The van der Waals surface area contributed by atoms with Crippen LogP contribution < -0.4 is 5.32 Å². The number of H-pyrrole nitrogens is 2. The molecule has 0 radical (unpaired) electrons. The van der Waals surface area contributed by atoms with Crippen LogP contribution in [0.5, 0.6) is 0 Å². The summed E-state index contributed by atoms with van der Waals surface area (Å²) in [4.78, 5) is 23.0. The zero-order valence-electron chi connectivity index (χ0n) is 10.6. The van der Waals surface area contributed by atoms with Crippen molar-refractivity contribution in [3.8, 4) is 0 Å². The Balaban J connectivity index is 2.03. The fourth-order valence-electron chi connectivity index (χ4n) is 1.48. The predicted octanol–water partition coefficient (Wildman–Crippen LogP) is 1.14. The first-order valence-electron chi connectivity index (χ1n) is 5.80. The van der Waals surface area contributed by atoms with Gasteiger partial charge in [-0.3, -0.25) is 9.89 Å². The van der Waals surface area contributed by atoms with E-state index in [1.54, 1.807) is 12.4 Å². The number of carbonyl (C=O) groups excluding carboxylic acids is 1. The van der Waals surface area contributed by atoms with Crippen molar-refractivity contribution in [2.75, 3.05) is 0 Å². The highest BCUT2D eigenvalue weighted by Gasteiger charge is 2.17. The minimum atomic E-state index is -0.318. The van der Waals surface area contributed by atoms with Gasteiger partial charge in [0.1, 0.15) is 11.6 Å². The number of hydrogen-bond donors (Lipinski definition) is 3. The van der Waals surface area contributed by atoms with Crippen molar-refractivity contribution in [3.63, 3.8) is 0 Å². The van der Waals surface area contributed by atoms with Crippen molar-refractivity contribution in [1.29, 1.82) is 0 Å². The van der Waals surface area contributed by atoms with Gasteiger partial charge in [0.2, 0.25) is 5.82 Å². The average Bonchev–Trinajstić information content (AvgIpc) is 3.00. The number of hydrogen-bond acceptors (Lipinski definition) is 4. The molecular formula is C11H16N6O. The lowest BCUT2D eigenvalue weighted by molar-refractivity contribution is 0.0928. The van der Waals surface area contributed by atoms with Gasteiger partial charge < -0.3 is 10.3 Å². The van der Waals surface area contributed by atoms with Crippen molar-refractivity contribution >= 4 is 5.91 Å². The largest absolute Gasteiger partial charge is 0.347 e. The van der Waals surface area contributed by atoms with Gasteiger partial charge in [-0.15, -0.1) is 5.10 Å². The molecule has 0 bridgehead atoms. The number of rotatable bonds is 4. The molecule has 0 saturated carbocycles. The highest BCUT2D eigenvalue weighted by atomic mass is 16.2. The maximum absolute atomic E-state index is 11.9. The minimum Gasteiger partial charge on any atom is -0.347 e. The van der Waals surface area contributed by atoms with Crippen molar-refractivity contribution < 1.29 is 4.79 Å². The van der Waals surface area contributed by atoms with Gasteiger partial charge >= 0.3 is 0 Å². The Labute approximate surface area is 104 Å². The summed E-state index contributed by atoms with van der Waals surface area (Å²) < 4.78 is 0. The van der Waals surface area contributed by atoms with E-state index in [0.29, 0.717) is 11.6 Å². The molecule has 3 N–H and O–H groups in total. The molecule has 2 aromatic rings. The molecule has 0 fully saturated rings. The first kappa shape index (κ1) is 12.3.